The smallest absolute Gasteiger partial charge is 0.335 e. The van der Waals surface area contributed by atoms with Gasteiger partial charge in [-0.3, -0.25) is 4.90 Å². The van der Waals surface area contributed by atoms with Crippen molar-refractivity contribution in [2.24, 2.45) is 5.92 Å². The van der Waals surface area contributed by atoms with Crippen LogP contribution < -0.4 is 0 Å². The van der Waals surface area contributed by atoms with Gasteiger partial charge in [0.1, 0.15) is 5.75 Å². The van der Waals surface area contributed by atoms with E-state index in [0.717, 1.165) is 25.0 Å². The van der Waals surface area contributed by atoms with Crippen LogP contribution in [0.15, 0.2) is 36.4 Å². The first-order valence-electron chi connectivity index (χ1n) is 12.0. The molecule has 5 nitrogen and oxygen atoms in total. The Morgan fingerprint density at radius 2 is 1.84 bits per heavy atom. The maximum Gasteiger partial charge on any atom is 0.335 e. The third-order valence-electron chi connectivity index (χ3n) is 8.16. The molecule has 166 valence electrons. The number of carboxylic acid groups (broad SMARTS) is 1. The van der Waals surface area contributed by atoms with Crippen LogP contribution in [0.2, 0.25) is 0 Å². The number of carboxylic acids is 1. The fourth-order valence-electron chi connectivity index (χ4n) is 6.75. The molecular weight excluding hydrogens is 400 g/mol. The number of carbonyl (C=O) groups is 1. The van der Waals surface area contributed by atoms with Crippen molar-refractivity contribution in [1.82, 2.24) is 9.47 Å². The number of benzene rings is 2. The van der Waals surface area contributed by atoms with Gasteiger partial charge >= 0.3 is 5.97 Å². The lowest BCUT2D eigenvalue weighted by atomic mass is 9.81. The summed E-state index contributed by atoms with van der Waals surface area (Å²) in [5.41, 5.74) is 6.47. The first-order chi connectivity index (χ1) is 15.5. The Morgan fingerprint density at radius 3 is 2.62 bits per heavy atom. The molecule has 3 aliphatic rings. The zero-order valence-corrected chi connectivity index (χ0v) is 18.6. The van der Waals surface area contributed by atoms with Crippen molar-refractivity contribution in [3.05, 3.63) is 53.1 Å². The summed E-state index contributed by atoms with van der Waals surface area (Å²) in [7, 11) is 2.18. The minimum absolute atomic E-state index is 0.272. The molecule has 0 bridgehead atoms. The van der Waals surface area contributed by atoms with Crippen molar-refractivity contribution < 1.29 is 15.0 Å². The maximum atomic E-state index is 11.8. The Balaban J connectivity index is 1.69. The molecule has 2 fully saturated rings. The van der Waals surface area contributed by atoms with Crippen LogP contribution >= 0.6 is 0 Å². The number of aromatic nitrogens is 1. The first kappa shape index (κ1) is 19.9. The number of hydrogen-bond donors (Lipinski definition) is 2. The van der Waals surface area contributed by atoms with E-state index in [2.05, 4.69) is 22.6 Å². The number of likely N-dealkylation sites (tertiary alicyclic amines) is 1. The van der Waals surface area contributed by atoms with Crippen LogP contribution in [0.25, 0.3) is 22.2 Å². The average Bonchev–Trinajstić information content (AvgIpc) is 3.27. The fourth-order valence-corrected chi connectivity index (χ4v) is 6.75. The van der Waals surface area contributed by atoms with Gasteiger partial charge in [0, 0.05) is 29.1 Å². The molecule has 2 N–H and O–H groups in total. The lowest BCUT2D eigenvalue weighted by molar-refractivity contribution is 0.0697. The Bertz CT molecular complexity index is 1220. The molecule has 1 saturated heterocycles. The van der Waals surface area contributed by atoms with Gasteiger partial charge in [-0.25, -0.2) is 4.79 Å². The zero-order valence-electron chi connectivity index (χ0n) is 18.6. The second-order valence-electron chi connectivity index (χ2n) is 9.99. The Hall–Kier alpha value is -2.79. The summed E-state index contributed by atoms with van der Waals surface area (Å²) in [4.78, 5) is 14.2. The second kappa shape index (κ2) is 7.38. The molecule has 0 amide bonds. The topological polar surface area (TPSA) is 65.7 Å². The van der Waals surface area contributed by atoms with Gasteiger partial charge in [-0.15, -0.1) is 0 Å². The van der Waals surface area contributed by atoms with Gasteiger partial charge in [0.25, 0.3) is 0 Å². The number of aromatic hydroxyl groups is 1. The van der Waals surface area contributed by atoms with Gasteiger partial charge in [-0.05, 0) is 86.1 Å². The number of nitrogens with zero attached hydrogens (tertiary/aromatic N) is 2. The van der Waals surface area contributed by atoms with E-state index in [1.165, 1.54) is 59.9 Å². The molecule has 1 aromatic heterocycles. The third-order valence-corrected chi connectivity index (χ3v) is 8.16. The normalized spacial score (nSPS) is 23.5. The lowest BCUT2D eigenvalue weighted by Crippen LogP contribution is -2.22. The van der Waals surface area contributed by atoms with Gasteiger partial charge in [0.15, 0.2) is 0 Å². The van der Waals surface area contributed by atoms with Crippen molar-refractivity contribution in [3.8, 4) is 17.0 Å². The molecule has 6 rings (SSSR count). The Labute approximate surface area is 188 Å². The molecule has 0 radical (unpaired) electrons. The van der Waals surface area contributed by atoms with Crippen LogP contribution in [0.5, 0.6) is 5.75 Å². The summed E-state index contributed by atoms with van der Waals surface area (Å²) in [5, 5.41) is 21.3. The predicted molar refractivity (Wildman–Crippen MR) is 125 cm³/mol. The third kappa shape index (κ3) is 2.91. The van der Waals surface area contributed by atoms with Crippen LogP contribution in [-0.4, -0.2) is 39.2 Å². The SMILES string of the molecule is CN1CCC2Cn3c(c(C4CCCCC4)c4ccc(C(=O)O)cc43)-c3ccc(O)cc3C21. The minimum atomic E-state index is -0.876. The second-order valence-corrected chi connectivity index (χ2v) is 9.99. The fraction of sp³-hybridized carbons (Fsp3) is 0.444. The molecule has 0 spiro atoms. The molecule has 2 aliphatic heterocycles. The maximum absolute atomic E-state index is 11.8. The van der Waals surface area contributed by atoms with Crippen LogP contribution in [0.4, 0.5) is 0 Å². The van der Waals surface area contributed by atoms with E-state index >= 15 is 0 Å². The molecule has 1 aliphatic carbocycles. The van der Waals surface area contributed by atoms with E-state index < -0.39 is 5.97 Å². The molecular formula is C27H30N2O3. The van der Waals surface area contributed by atoms with Gasteiger partial charge in [0.2, 0.25) is 0 Å². The number of phenols is 1. The van der Waals surface area contributed by atoms with Crippen LogP contribution in [-0.2, 0) is 6.54 Å². The highest BCUT2D eigenvalue weighted by Gasteiger charge is 2.40. The average molecular weight is 431 g/mol. The Kier molecular flexibility index (Phi) is 4.58. The highest BCUT2D eigenvalue weighted by atomic mass is 16.4. The van der Waals surface area contributed by atoms with Gasteiger partial charge < -0.3 is 14.8 Å². The largest absolute Gasteiger partial charge is 0.508 e. The van der Waals surface area contributed by atoms with Crippen molar-refractivity contribution >= 4 is 16.9 Å². The highest BCUT2D eigenvalue weighted by Crippen LogP contribution is 2.51. The molecule has 5 heteroatoms. The minimum Gasteiger partial charge on any atom is -0.508 e. The zero-order chi connectivity index (χ0) is 22.0. The van der Waals surface area contributed by atoms with Crippen molar-refractivity contribution in [3.63, 3.8) is 0 Å². The summed E-state index contributed by atoms with van der Waals surface area (Å²) in [6.45, 7) is 1.92. The summed E-state index contributed by atoms with van der Waals surface area (Å²) in [6, 6.07) is 11.8. The lowest BCUT2D eigenvalue weighted by Gasteiger charge is -2.26. The van der Waals surface area contributed by atoms with Crippen molar-refractivity contribution in [1.29, 1.82) is 0 Å². The standard InChI is InChI=1S/C27H30N2O3/c1-28-12-11-18-15-29-23-13-17(27(31)32)7-9-21(23)24(16-5-3-2-4-6-16)26(29)20-10-8-19(30)14-22(20)25(18)28/h7-10,13-14,16,18,25,30H,2-6,11-12,15H2,1H3,(H,31,32). The molecule has 2 unspecified atom stereocenters. The van der Waals surface area contributed by atoms with Crippen molar-refractivity contribution in [2.45, 2.75) is 57.0 Å². The number of rotatable bonds is 2. The van der Waals surface area contributed by atoms with E-state index in [9.17, 15) is 15.0 Å². The molecule has 2 atom stereocenters. The van der Waals surface area contributed by atoms with E-state index in [1.807, 2.05) is 24.3 Å². The Morgan fingerprint density at radius 1 is 1.03 bits per heavy atom. The van der Waals surface area contributed by atoms with E-state index in [-0.39, 0.29) is 6.04 Å². The highest BCUT2D eigenvalue weighted by molar-refractivity contribution is 5.98. The molecule has 3 aromatic rings. The molecule has 2 aromatic carbocycles. The van der Waals surface area contributed by atoms with Crippen LogP contribution in [0, 0.1) is 5.92 Å². The first-order valence-corrected chi connectivity index (χ1v) is 12.0. The number of fused-ring (bicyclic) bond motifs is 7. The molecule has 32 heavy (non-hydrogen) atoms. The van der Waals surface area contributed by atoms with Gasteiger partial charge in [-0.1, -0.05) is 25.3 Å². The van der Waals surface area contributed by atoms with Crippen LogP contribution in [0.1, 0.15) is 72.0 Å². The number of hydrogen-bond acceptors (Lipinski definition) is 3. The van der Waals surface area contributed by atoms with Crippen LogP contribution in [0.3, 0.4) is 0 Å². The molecule has 3 heterocycles. The summed E-state index contributed by atoms with van der Waals surface area (Å²) in [6.07, 6.45) is 7.28. The summed E-state index contributed by atoms with van der Waals surface area (Å²) >= 11 is 0. The van der Waals surface area contributed by atoms with E-state index in [4.69, 9.17) is 0 Å². The molecule has 1 saturated carbocycles. The van der Waals surface area contributed by atoms with Gasteiger partial charge in [0.05, 0.1) is 11.3 Å². The number of aromatic carboxylic acids is 1. The monoisotopic (exact) mass is 430 g/mol. The predicted octanol–water partition coefficient (Wildman–Crippen LogP) is 5.77. The quantitative estimate of drug-likeness (QED) is 0.542. The number of phenolic OH excluding ortho intramolecular Hbond substituents is 1. The van der Waals surface area contributed by atoms with E-state index in [0.29, 0.717) is 23.1 Å². The van der Waals surface area contributed by atoms with E-state index in [1.54, 1.807) is 6.07 Å². The van der Waals surface area contributed by atoms with Gasteiger partial charge in [-0.2, -0.15) is 0 Å². The summed E-state index contributed by atoms with van der Waals surface area (Å²) < 4.78 is 2.42. The van der Waals surface area contributed by atoms with Crippen molar-refractivity contribution in [2.75, 3.05) is 13.6 Å². The summed E-state index contributed by atoms with van der Waals surface area (Å²) in [5.74, 6) is 0.374.